The second-order valence-electron chi connectivity index (χ2n) is 2.91. The number of halogens is 2. The molecule has 0 N–H and O–H groups in total. The predicted octanol–water partition coefficient (Wildman–Crippen LogP) is 4.06. The van der Waals surface area contributed by atoms with E-state index >= 15 is 0 Å². The van der Waals surface area contributed by atoms with Gasteiger partial charge in [0.25, 0.3) is 0 Å². The first-order chi connectivity index (χ1) is 6.77. The highest BCUT2D eigenvalue weighted by atomic mass is 79.9. The van der Waals surface area contributed by atoms with E-state index in [4.69, 9.17) is 0 Å². The van der Waals surface area contributed by atoms with E-state index in [1.807, 2.05) is 18.2 Å². The zero-order valence-electron chi connectivity index (χ0n) is 7.30. The Hall–Kier alpha value is -1.15. The van der Waals surface area contributed by atoms with E-state index in [2.05, 4.69) is 22.0 Å². The molecule has 0 unspecified atom stereocenters. The van der Waals surface area contributed by atoms with E-state index in [0.717, 1.165) is 15.6 Å². The van der Waals surface area contributed by atoms with Gasteiger partial charge in [0.05, 0.1) is 0 Å². The summed E-state index contributed by atoms with van der Waals surface area (Å²) in [5.41, 5.74) is 2.04. The SMILES string of the molecule is Fc1ccc(-c2cc[c]cc2Br)cc1. The molecule has 2 rings (SSSR count). The molecule has 0 spiro atoms. The summed E-state index contributed by atoms with van der Waals surface area (Å²) >= 11 is 3.43. The minimum atomic E-state index is -0.215. The average Bonchev–Trinajstić information content (AvgIpc) is 2.20. The normalized spacial score (nSPS) is 10.1. The van der Waals surface area contributed by atoms with E-state index in [1.165, 1.54) is 12.1 Å². The molecular weight excluding hydrogens is 243 g/mol. The molecule has 2 heteroatoms. The van der Waals surface area contributed by atoms with Crippen molar-refractivity contribution in [2.24, 2.45) is 0 Å². The van der Waals surface area contributed by atoms with Gasteiger partial charge in [-0.3, -0.25) is 0 Å². The van der Waals surface area contributed by atoms with Gasteiger partial charge in [0.15, 0.2) is 0 Å². The zero-order valence-corrected chi connectivity index (χ0v) is 8.88. The van der Waals surface area contributed by atoms with Crippen molar-refractivity contribution in [3.05, 3.63) is 58.8 Å². The van der Waals surface area contributed by atoms with Crippen molar-refractivity contribution in [2.75, 3.05) is 0 Å². The smallest absolute Gasteiger partial charge is 0.123 e. The predicted molar refractivity (Wildman–Crippen MR) is 58.4 cm³/mol. The van der Waals surface area contributed by atoms with Crippen LogP contribution in [0.3, 0.4) is 0 Å². The molecule has 0 bridgehead atoms. The lowest BCUT2D eigenvalue weighted by Crippen LogP contribution is -1.80. The van der Waals surface area contributed by atoms with E-state index in [9.17, 15) is 4.39 Å². The van der Waals surface area contributed by atoms with E-state index in [-0.39, 0.29) is 5.82 Å². The third-order valence-electron chi connectivity index (χ3n) is 1.97. The van der Waals surface area contributed by atoms with Crippen LogP contribution in [-0.2, 0) is 0 Å². The molecule has 0 nitrogen and oxygen atoms in total. The van der Waals surface area contributed by atoms with Crippen LogP contribution in [0, 0.1) is 11.9 Å². The van der Waals surface area contributed by atoms with Gasteiger partial charge in [-0.1, -0.05) is 40.2 Å². The highest BCUT2D eigenvalue weighted by Crippen LogP contribution is 2.27. The second-order valence-corrected chi connectivity index (χ2v) is 3.77. The maximum Gasteiger partial charge on any atom is 0.123 e. The van der Waals surface area contributed by atoms with Crippen LogP contribution in [-0.4, -0.2) is 0 Å². The standard InChI is InChI=1S/C12H7BrF/c13-12-4-2-1-3-11(12)9-5-7-10(14)8-6-9/h1,3-8H. The maximum absolute atomic E-state index is 12.7. The van der Waals surface area contributed by atoms with Crippen LogP contribution in [0.5, 0.6) is 0 Å². The van der Waals surface area contributed by atoms with Crippen LogP contribution in [0.1, 0.15) is 0 Å². The van der Waals surface area contributed by atoms with Crippen molar-refractivity contribution in [3.8, 4) is 11.1 Å². The summed E-state index contributed by atoms with van der Waals surface area (Å²) in [7, 11) is 0. The molecule has 0 aliphatic carbocycles. The fourth-order valence-corrected chi connectivity index (χ4v) is 1.77. The van der Waals surface area contributed by atoms with Gasteiger partial charge in [-0.15, -0.1) is 0 Å². The molecule has 14 heavy (non-hydrogen) atoms. The van der Waals surface area contributed by atoms with E-state index in [1.54, 1.807) is 12.1 Å². The summed E-state index contributed by atoms with van der Waals surface area (Å²) in [6, 6.07) is 15.0. The molecule has 2 aromatic carbocycles. The van der Waals surface area contributed by atoms with Crippen molar-refractivity contribution in [1.29, 1.82) is 0 Å². The van der Waals surface area contributed by atoms with Crippen LogP contribution < -0.4 is 0 Å². The lowest BCUT2D eigenvalue weighted by molar-refractivity contribution is 0.628. The fraction of sp³-hybridized carbons (Fsp3) is 0. The number of hydrogen-bond donors (Lipinski definition) is 0. The largest absolute Gasteiger partial charge is 0.207 e. The van der Waals surface area contributed by atoms with Crippen LogP contribution in [0.25, 0.3) is 11.1 Å². The quantitative estimate of drug-likeness (QED) is 0.716. The summed E-state index contributed by atoms with van der Waals surface area (Å²) in [4.78, 5) is 0. The first-order valence-corrected chi connectivity index (χ1v) is 4.98. The van der Waals surface area contributed by atoms with Crippen molar-refractivity contribution in [1.82, 2.24) is 0 Å². The first kappa shape index (κ1) is 9.41. The lowest BCUT2D eigenvalue weighted by atomic mass is 10.1. The average molecular weight is 250 g/mol. The van der Waals surface area contributed by atoms with Gasteiger partial charge < -0.3 is 0 Å². The highest BCUT2D eigenvalue weighted by molar-refractivity contribution is 9.10. The summed E-state index contributed by atoms with van der Waals surface area (Å²) < 4.78 is 13.6. The minimum Gasteiger partial charge on any atom is -0.207 e. The molecule has 0 saturated carbocycles. The lowest BCUT2D eigenvalue weighted by Gasteiger charge is -2.03. The number of benzene rings is 2. The molecule has 0 aliphatic rings. The fourth-order valence-electron chi connectivity index (χ4n) is 1.27. The Kier molecular flexibility index (Phi) is 2.64. The summed E-state index contributed by atoms with van der Waals surface area (Å²) in [6.07, 6.45) is 0. The van der Waals surface area contributed by atoms with Crippen molar-refractivity contribution >= 4 is 15.9 Å². The van der Waals surface area contributed by atoms with Crippen molar-refractivity contribution < 1.29 is 4.39 Å². The molecule has 0 saturated heterocycles. The van der Waals surface area contributed by atoms with Gasteiger partial charge in [-0.05, 0) is 35.4 Å². The van der Waals surface area contributed by atoms with Gasteiger partial charge in [-0.25, -0.2) is 4.39 Å². The molecule has 0 atom stereocenters. The van der Waals surface area contributed by atoms with Gasteiger partial charge in [0, 0.05) is 4.47 Å². The third-order valence-corrected chi connectivity index (χ3v) is 2.62. The Morgan fingerprint density at radius 2 is 1.79 bits per heavy atom. The van der Waals surface area contributed by atoms with Crippen LogP contribution in [0.4, 0.5) is 4.39 Å². The van der Waals surface area contributed by atoms with E-state index < -0.39 is 0 Å². The minimum absolute atomic E-state index is 0.215. The molecular formula is C12H7BrF. The summed E-state index contributed by atoms with van der Waals surface area (Å²) in [5, 5.41) is 0. The monoisotopic (exact) mass is 249 g/mol. The highest BCUT2D eigenvalue weighted by Gasteiger charge is 2.01. The zero-order chi connectivity index (χ0) is 9.97. The molecule has 0 aromatic heterocycles. The van der Waals surface area contributed by atoms with Gasteiger partial charge in [0.2, 0.25) is 0 Å². The molecule has 2 aromatic rings. The third kappa shape index (κ3) is 1.85. The van der Waals surface area contributed by atoms with Crippen molar-refractivity contribution in [2.45, 2.75) is 0 Å². The molecule has 0 amide bonds. The first-order valence-electron chi connectivity index (χ1n) is 4.19. The van der Waals surface area contributed by atoms with Crippen LogP contribution in [0.2, 0.25) is 0 Å². The topological polar surface area (TPSA) is 0 Å². The van der Waals surface area contributed by atoms with Crippen molar-refractivity contribution in [3.63, 3.8) is 0 Å². The molecule has 69 valence electrons. The maximum atomic E-state index is 12.7. The second kappa shape index (κ2) is 3.93. The van der Waals surface area contributed by atoms with Crippen LogP contribution in [0.15, 0.2) is 46.9 Å². The Morgan fingerprint density at radius 3 is 2.43 bits per heavy atom. The molecule has 1 radical (unpaired) electrons. The number of rotatable bonds is 1. The Bertz CT molecular complexity index is 434. The Morgan fingerprint density at radius 1 is 1.07 bits per heavy atom. The van der Waals surface area contributed by atoms with E-state index in [0.29, 0.717) is 0 Å². The van der Waals surface area contributed by atoms with Gasteiger partial charge in [0.1, 0.15) is 5.82 Å². The van der Waals surface area contributed by atoms with Gasteiger partial charge in [-0.2, -0.15) is 0 Å². The number of hydrogen-bond acceptors (Lipinski definition) is 0. The molecule has 0 aliphatic heterocycles. The van der Waals surface area contributed by atoms with Crippen LogP contribution >= 0.6 is 15.9 Å². The summed E-state index contributed by atoms with van der Waals surface area (Å²) in [5.74, 6) is -0.215. The molecule has 0 heterocycles. The van der Waals surface area contributed by atoms with Gasteiger partial charge >= 0.3 is 0 Å². The molecule has 0 fully saturated rings. The Balaban J connectivity index is 2.50. The Labute approximate surface area is 90.5 Å². The summed E-state index contributed by atoms with van der Waals surface area (Å²) in [6.45, 7) is 0.